The number of hydrogen-bond acceptors (Lipinski definition) is 5. The van der Waals surface area contributed by atoms with E-state index in [1.807, 2.05) is 12.1 Å². The number of rotatable bonds is 6. The third-order valence-electron chi connectivity index (χ3n) is 2.70. The number of amides is 1. The van der Waals surface area contributed by atoms with Crippen molar-refractivity contribution in [2.75, 3.05) is 11.9 Å². The van der Waals surface area contributed by atoms with E-state index in [9.17, 15) is 9.59 Å². The van der Waals surface area contributed by atoms with Crippen molar-refractivity contribution < 1.29 is 14.3 Å². The molecule has 0 aliphatic rings. The molecule has 1 heterocycles. The molecule has 7 nitrogen and oxygen atoms in total. The maximum absolute atomic E-state index is 11.7. The Morgan fingerprint density at radius 1 is 1.24 bits per heavy atom. The summed E-state index contributed by atoms with van der Waals surface area (Å²) in [6, 6.07) is 7.16. The van der Waals surface area contributed by atoms with Crippen molar-refractivity contribution in [3.8, 4) is 5.69 Å². The molecular formula is C14H16N4O3. The van der Waals surface area contributed by atoms with Gasteiger partial charge in [0.25, 0.3) is 0 Å². The monoisotopic (exact) mass is 288 g/mol. The molecule has 1 aromatic carbocycles. The van der Waals surface area contributed by atoms with Gasteiger partial charge in [0.05, 0.1) is 18.7 Å². The molecule has 2 rings (SSSR count). The van der Waals surface area contributed by atoms with E-state index >= 15 is 0 Å². The van der Waals surface area contributed by atoms with E-state index in [2.05, 4.69) is 15.4 Å². The van der Waals surface area contributed by atoms with E-state index < -0.39 is 0 Å². The van der Waals surface area contributed by atoms with Gasteiger partial charge in [-0.15, -0.1) is 0 Å². The van der Waals surface area contributed by atoms with Crippen LogP contribution >= 0.6 is 0 Å². The molecule has 21 heavy (non-hydrogen) atoms. The van der Waals surface area contributed by atoms with Gasteiger partial charge in [-0.2, -0.15) is 5.10 Å². The fraction of sp³-hybridized carbons (Fsp3) is 0.286. The van der Waals surface area contributed by atoms with Crippen molar-refractivity contribution in [2.45, 2.75) is 19.8 Å². The standard InChI is InChI=1S/C14H16N4O3/c1-2-21-14(20)8-7-13(19)17-11-3-5-12(6-4-11)18-10-15-9-16-18/h3-6,9-10H,2,7-8H2,1H3,(H,17,19). The highest BCUT2D eigenvalue weighted by molar-refractivity contribution is 5.92. The second-order valence-electron chi connectivity index (χ2n) is 4.24. The molecule has 110 valence electrons. The number of ether oxygens (including phenoxy) is 1. The first-order valence-electron chi connectivity index (χ1n) is 6.59. The SMILES string of the molecule is CCOC(=O)CCC(=O)Nc1ccc(-n2cncn2)cc1. The zero-order chi connectivity index (χ0) is 15.1. The van der Waals surface area contributed by atoms with Gasteiger partial charge in [0.1, 0.15) is 12.7 Å². The lowest BCUT2D eigenvalue weighted by atomic mass is 10.2. The highest BCUT2D eigenvalue weighted by Gasteiger charge is 2.08. The third-order valence-corrected chi connectivity index (χ3v) is 2.70. The minimum Gasteiger partial charge on any atom is -0.466 e. The summed E-state index contributed by atoms with van der Waals surface area (Å²) in [7, 11) is 0. The Bertz CT molecular complexity index is 593. The second kappa shape index (κ2) is 7.18. The molecule has 0 atom stereocenters. The van der Waals surface area contributed by atoms with Crippen molar-refractivity contribution in [3.63, 3.8) is 0 Å². The first kappa shape index (κ1) is 14.7. The second-order valence-corrected chi connectivity index (χ2v) is 4.24. The zero-order valence-electron chi connectivity index (χ0n) is 11.7. The first-order chi connectivity index (χ1) is 10.2. The molecule has 0 aliphatic carbocycles. The summed E-state index contributed by atoms with van der Waals surface area (Å²) in [4.78, 5) is 26.7. The van der Waals surface area contributed by atoms with Crippen LogP contribution in [0.15, 0.2) is 36.9 Å². The van der Waals surface area contributed by atoms with Gasteiger partial charge < -0.3 is 10.1 Å². The van der Waals surface area contributed by atoms with Gasteiger partial charge in [-0.3, -0.25) is 9.59 Å². The summed E-state index contributed by atoms with van der Waals surface area (Å²) in [6.07, 6.45) is 3.22. The quantitative estimate of drug-likeness (QED) is 0.815. The van der Waals surface area contributed by atoms with Crippen molar-refractivity contribution in [3.05, 3.63) is 36.9 Å². The molecule has 1 N–H and O–H groups in total. The summed E-state index contributed by atoms with van der Waals surface area (Å²) < 4.78 is 6.38. The van der Waals surface area contributed by atoms with Gasteiger partial charge in [0.2, 0.25) is 5.91 Å². The maximum atomic E-state index is 11.7. The first-order valence-corrected chi connectivity index (χ1v) is 6.59. The Hall–Kier alpha value is -2.70. The fourth-order valence-corrected chi connectivity index (χ4v) is 1.71. The van der Waals surface area contributed by atoms with Gasteiger partial charge in [-0.1, -0.05) is 0 Å². The number of aromatic nitrogens is 3. The summed E-state index contributed by atoms with van der Waals surface area (Å²) in [6.45, 7) is 2.05. The number of carbonyl (C=O) groups is 2. The predicted molar refractivity (Wildman–Crippen MR) is 75.9 cm³/mol. The minimum absolute atomic E-state index is 0.0801. The van der Waals surface area contributed by atoms with E-state index in [0.29, 0.717) is 12.3 Å². The number of nitrogens with one attached hydrogen (secondary N) is 1. The lowest BCUT2D eigenvalue weighted by Crippen LogP contribution is -2.14. The Balaban J connectivity index is 1.85. The molecule has 0 bridgehead atoms. The van der Waals surface area contributed by atoms with Crippen LogP contribution in [0, 0.1) is 0 Å². The molecule has 7 heteroatoms. The normalized spacial score (nSPS) is 10.1. The number of carbonyl (C=O) groups excluding carboxylic acids is 2. The van der Waals surface area contributed by atoms with E-state index in [4.69, 9.17) is 4.74 Å². The molecule has 0 spiro atoms. The van der Waals surface area contributed by atoms with Crippen LogP contribution < -0.4 is 5.32 Å². The van der Waals surface area contributed by atoms with Crippen molar-refractivity contribution in [2.24, 2.45) is 0 Å². The molecule has 1 amide bonds. The number of hydrogen-bond donors (Lipinski definition) is 1. The van der Waals surface area contributed by atoms with Gasteiger partial charge >= 0.3 is 5.97 Å². The van der Waals surface area contributed by atoms with E-state index in [0.717, 1.165) is 5.69 Å². The topological polar surface area (TPSA) is 86.1 Å². The van der Waals surface area contributed by atoms with Crippen LogP contribution in [0.1, 0.15) is 19.8 Å². The fourth-order valence-electron chi connectivity index (χ4n) is 1.71. The average molecular weight is 288 g/mol. The molecule has 0 unspecified atom stereocenters. The summed E-state index contributed by atoms with van der Waals surface area (Å²) in [5.41, 5.74) is 1.50. The highest BCUT2D eigenvalue weighted by Crippen LogP contribution is 2.12. The number of benzene rings is 1. The molecule has 0 saturated heterocycles. The van der Waals surface area contributed by atoms with Crippen LogP contribution in [-0.2, 0) is 14.3 Å². The van der Waals surface area contributed by atoms with Gasteiger partial charge in [-0.25, -0.2) is 9.67 Å². The van der Waals surface area contributed by atoms with Crippen LogP contribution in [0.4, 0.5) is 5.69 Å². The molecule has 0 radical (unpaired) electrons. The van der Waals surface area contributed by atoms with E-state index in [1.165, 1.54) is 6.33 Å². The van der Waals surface area contributed by atoms with Gasteiger partial charge in [0.15, 0.2) is 0 Å². The largest absolute Gasteiger partial charge is 0.466 e. The number of anilines is 1. The van der Waals surface area contributed by atoms with E-state index in [-0.39, 0.29) is 24.7 Å². The Kier molecular flexibility index (Phi) is 5.03. The third kappa shape index (κ3) is 4.41. The molecule has 0 saturated carbocycles. The maximum Gasteiger partial charge on any atom is 0.306 e. The molecule has 0 fully saturated rings. The Morgan fingerprint density at radius 3 is 2.62 bits per heavy atom. The lowest BCUT2D eigenvalue weighted by Gasteiger charge is -2.06. The van der Waals surface area contributed by atoms with Crippen LogP contribution in [-0.4, -0.2) is 33.2 Å². The number of nitrogens with zero attached hydrogens (tertiary/aromatic N) is 3. The van der Waals surface area contributed by atoms with E-state index in [1.54, 1.807) is 30.1 Å². The van der Waals surface area contributed by atoms with Crippen LogP contribution in [0.3, 0.4) is 0 Å². The van der Waals surface area contributed by atoms with Crippen LogP contribution in [0.5, 0.6) is 0 Å². The smallest absolute Gasteiger partial charge is 0.306 e. The Morgan fingerprint density at radius 2 is 2.00 bits per heavy atom. The molecule has 1 aromatic heterocycles. The highest BCUT2D eigenvalue weighted by atomic mass is 16.5. The van der Waals surface area contributed by atoms with Crippen molar-refractivity contribution in [1.82, 2.24) is 14.8 Å². The van der Waals surface area contributed by atoms with Gasteiger partial charge in [-0.05, 0) is 31.2 Å². The van der Waals surface area contributed by atoms with Crippen LogP contribution in [0.25, 0.3) is 5.69 Å². The van der Waals surface area contributed by atoms with Crippen LogP contribution in [0.2, 0.25) is 0 Å². The average Bonchev–Trinajstić information content (AvgIpc) is 3.00. The van der Waals surface area contributed by atoms with Crippen molar-refractivity contribution in [1.29, 1.82) is 0 Å². The molecular weight excluding hydrogens is 272 g/mol. The van der Waals surface area contributed by atoms with Crippen molar-refractivity contribution >= 4 is 17.6 Å². The molecule has 2 aromatic rings. The lowest BCUT2D eigenvalue weighted by molar-refractivity contribution is -0.144. The van der Waals surface area contributed by atoms with Gasteiger partial charge in [0, 0.05) is 12.1 Å². The minimum atomic E-state index is -0.366. The summed E-state index contributed by atoms with van der Waals surface area (Å²) >= 11 is 0. The summed E-state index contributed by atoms with van der Waals surface area (Å²) in [5.74, 6) is -0.592. The predicted octanol–water partition coefficient (Wildman–Crippen LogP) is 1.55. The molecule has 0 aliphatic heterocycles. The summed E-state index contributed by atoms with van der Waals surface area (Å²) in [5, 5.41) is 6.73. The zero-order valence-corrected chi connectivity index (χ0v) is 11.7. The number of esters is 1. The Labute approximate surface area is 121 Å².